The molecule has 5 heteroatoms. The molecule has 1 amide bonds. The summed E-state index contributed by atoms with van der Waals surface area (Å²) in [5.41, 5.74) is 2.97. The normalized spacial score (nSPS) is 10.5. The van der Waals surface area contributed by atoms with E-state index in [4.69, 9.17) is 23.2 Å². The predicted octanol–water partition coefficient (Wildman–Crippen LogP) is 4.51. The molecule has 0 atom stereocenters. The second kappa shape index (κ2) is 8.15. The molecule has 0 unspecified atom stereocenters. The van der Waals surface area contributed by atoms with E-state index >= 15 is 0 Å². The van der Waals surface area contributed by atoms with Gasteiger partial charge in [0.2, 0.25) is 6.54 Å². The van der Waals surface area contributed by atoms with Crippen LogP contribution in [0.4, 0.5) is 5.69 Å². The Balaban J connectivity index is 1.61. The Kier molecular flexibility index (Phi) is 5.69. The Labute approximate surface area is 156 Å². The van der Waals surface area contributed by atoms with Gasteiger partial charge < -0.3 is 5.32 Å². The molecule has 0 aliphatic rings. The van der Waals surface area contributed by atoms with Crippen LogP contribution in [0.15, 0.2) is 73.1 Å². The molecule has 0 aliphatic carbocycles. The van der Waals surface area contributed by atoms with Crippen molar-refractivity contribution in [2.24, 2.45) is 0 Å². The lowest BCUT2D eigenvalue weighted by Gasteiger charge is -2.06. The van der Waals surface area contributed by atoms with Gasteiger partial charge in [0.1, 0.15) is 0 Å². The quantitative estimate of drug-likeness (QED) is 0.657. The van der Waals surface area contributed by atoms with E-state index in [1.807, 2.05) is 47.3 Å². The maximum absolute atomic E-state index is 12.2. The van der Waals surface area contributed by atoms with Gasteiger partial charge in [0.25, 0.3) is 5.91 Å². The van der Waals surface area contributed by atoms with E-state index in [0.717, 1.165) is 6.42 Å². The van der Waals surface area contributed by atoms with Crippen LogP contribution in [0.2, 0.25) is 10.0 Å². The molecule has 0 bridgehead atoms. The van der Waals surface area contributed by atoms with Gasteiger partial charge in [0.15, 0.2) is 12.4 Å². The molecule has 2 aromatic carbocycles. The summed E-state index contributed by atoms with van der Waals surface area (Å²) in [5, 5.41) is 3.54. The van der Waals surface area contributed by atoms with Gasteiger partial charge in [-0.25, -0.2) is 0 Å². The third kappa shape index (κ3) is 4.81. The van der Waals surface area contributed by atoms with Crippen LogP contribution in [-0.2, 0) is 17.8 Å². The summed E-state index contributed by atoms with van der Waals surface area (Å²) < 4.78 is 1.82. The number of hydrogen-bond acceptors (Lipinski definition) is 1. The van der Waals surface area contributed by atoms with Crippen LogP contribution in [0.25, 0.3) is 0 Å². The Morgan fingerprint density at radius 1 is 0.880 bits per heavy atom. The Morgan fingerprint density at radius 3 is 2.28 bits per heavy atom. The second-order valence-corrected chi connectivity index (χ2v) is 6.48. The highest BCUT2D eigenvalue weighted by molar-refractivity contribution is 6.43. The number of anilines is 1. The number of aromatic nitrogens is 1. The number of carbonyl (C=O) groups excluding carboxylic acids is 1. The molecule has 0 aliphatic heterocycles. The van der Waals surface area contributed by atoms with E-state index in [1.54, 1.807) is 18.2 Å². The fourth-order valence-electron chi connectivity index (χ4n) is 2.50. The molecule has 3 aromatic rings. The van der Waals surface area contributed by atoms with Crippen molar-refractivity contribution >= 4 is 34.8 Å². The number of pyridine rings is 1. The van der Waals surface area contributed by atoms with Crippen LogP contribution in [0.3, 0.4) is 0 Å². The minimum absolute atomic E-state index is 0.162. The van der Waals surface area contributed by atoms with Gasteiger partial charge in [0.05, 0.1) is 15.7 Å². The molecule has 3 rings (SSSR count). The van der Waals surface area contributed by atoms with E-state index in [0.29, 0.717) is 15.7 Å². The lowest BCUT2D eigenvalue weighted by atomic mass is 10.1. The highest BCUT2D eigenvalue weighted by Gasteiger charge is 2.12. The third-order valence-corrected chi connectivity index (χ3v) is 4.58. The molecule has 0 saturated heterocycles. The molecule has 0 fully saturated rings. The number of carbonyl (C=O) groups is 1. The van der Waals surface area contributed by atoms with Gasteiger partial charge in [-0.05, 0) is 29.7 Å². The summed E-state index contributed by atoms with van der Waals surface area (Å²) in [6.45, 7) is 0.203. The van der Waals surface area contributed by atoms with Gasteiger partial charge in [-0.1, -0.05) is 59.6 Å². The molecule has 0 radical (unpaired) electrons. The largest absolute Gasteiger partial charge is 0.319 e. The van der Waals surface area contributed by atoms with Crippen molar-refractivity contribution in [3.8, 4) is 0 Å². The number of hydrogen-bond donors (Lipinski definition) is 1. The van der Waals surface area contributed by atoms with Gasteiger partial charge >= 0.3 is 0 Å². The first-order valence-corrected chi connectivity index (χ1v) is 8.63. The summed E-state index contributed by atoms with van der Waals surface area (Å²) in [7, 11) is 0. The zero-order chi connectivity index (χ0) is 17.6. The number of benzene rings is 2. The minimum atomic E-state index is -0.162. The SMILES string of the molecule is O=C(C[n+]1ccc(Cc2ccccc2)cc1)Nc1cccc(Cl)c1Cl. The second-order valence-electron chi connectivity index (χ2n) is 5.69. The van der Waals surface area contributed by atoms with E-state index in [-0.39, 0.29) is 12.5 Å². The maximum Gasteiger partial charge on any atom is 0.290 e. The first-order chi connectivity index (χ1) is 12.1. The number of rotatable bonds is 5. The fourth-order valence-corrected chi connectivity index (χ4v) is 2.85. The lowest BCUT2D eigenvalue weighted by molar-refractivity contribution is -0.684. The minimum Gasteiger partial charge on any atom is -0.319 e. The molecule has 3 nitrogen and oxygen atoms in total. The molecule has 1 heterocycles. The average Bonchev–Trinajstić information content (AvgIpc) is 2.62. The van der Waals surface area contributed by atoms with E-state index in [1.165, 1.54) is 11.1 Å². The molecule has 1 aromatic heterocycles. The van der Waals surface area contributed by atoms with Crippen molar-refractivity contribution in [2.45, 2.75) is 13.0 Å². The summed E-state index contributed by atoms with van der Waals surface area (Å²) in [6.07, 6.45) is 4.67. The van der Waals surface area contributed by atoms with Crippen molar-refractivity contribution in [3.05, 3.63) is 94.2 Å². The topological polar surface area (TPSA) is 33.0 Å². The molecule has 0 saturated carbocycles. The molecule has 0 spiro atoms. The summed E-state index contributed by atoms with van der Waals surface area (Å²) in [5.74, 6) is -0.162. The van der Waals surface area contributed by atoms with E-state index < -0.39 is 0 Å². The highest BCUT2D eigenvalue weighted by atomic mass is 35.5. The summed E-state index contributed by atoms with van der Waals surface area (Å²) in [4.78, 5) is 12.2. The number of amides is 1. The lowest BCUT2D eigenvalue weighted by Crippen LogP contribution is -2.39. The van der Waals surface area contributed by atoms with Crippen molar-refractivity contribution in [1.82, 2.24) is 0 Å². The van der Waals surface area contributed by atoms with Crippen LogP contribution >= 0.6 is 23.2 Å². The number of nitrogens with zero attached hydrogens (tertiary/aromatic N) is 1. The van der Waals surface area contributed by atoms with Crippen LogP contribution in [0.1, 0.15) is 11.1 Å². The van der Waals surface area contributed by atoms with Gasteiger partial charge in [0, 0.05) is 12.1 Å². The molecule has 126 valence electrons. The van der Waals surface area contributed by atoms with Crippen molar-refractivity contribution in [2.75, 3.05) is 5.32 Å². The van der Waals surface area contributed by atoms with Crippen LogP contribution < -0.4 is 9.88 Å². The summed E-state index contributed by atoms with van der Waals surface area (Å²) >= 11 is 12.0. The monoisotopic (exact) mass is 371 g/mol. The maximum atomic E-state index is 12.2. The molecular formula is C20H17Cl2N2O+. The Bertz CT molecular complexity index is 865. The zero-order valence-electron chi connectivity index (χ0n) is 13.5. The third-order valence-electron chi connectivity index (χ3n) is 3.76. The van der Waals surface area contributed by atoms with E-state index in [2.05, 4.69) is 17.4 Å². The molecule has 1 N–H and O–H groups in total. The van der Waals surface area contributed by atoms with Crippen LogP contribution in [0.5, 0.6) is 0 Å². The standard InChI is InChI=1S/C20H16Cl2N2O/c21-17-7-4-8-18(20(17)22)23-19(25)14-24-11-9-16(10-12-24)13-15-5-2-1-3-6-15/h1-12H,13-14H2/p+1. The van der Waals surface area contributed by atoms with Crippen molar-refractivity contribution in [3.63, 3.8) is 0 Å². The molecular weight excluding hydrogens is 355 g/mol. The molecule has 25 heavy (non-hydrogen) atoms. The van der Waals surface area contributed by atoms with Gasteiger partial charge in [-0.2, -0.15) is 4.57 Å². The average molecular weight is 372 g/mol. The Morgan fingerprint density at radius 2 is 1.56 bits per heavy atom. The van der Waals surface area contributed by atoms with Crippen LogP contribution in [-0.4, -0.2) is 5.91 Å². The number of nitrogens with one attached hydrogen (secondary N) is 1. The van der Waals surface area contributed by atoms with Crippen LogP contribution in [0, 0.1) is 0 Å². The van der Waals surface area contributed by atoms with Gasteiger partial charge in [-0.15, -0.1) is 0 Å². The first-order valence-electron chi connectivity index (χ1n) is 7.87. The van der Waals surface area contributed by atoms with Gasteiger partial charge in [-0.3, -0.25) is 4.79 Å². The first kappa shape index (κ1) is 17.5. The fraction of sp³-hybridized carbons (Fsp3) is 0.100. The predicted molar refractivity (Wildman–Crippen MR) is 101 cm³/mol. The zero-order valence-corrected chi connectivity index (χ0v) is 15.0. The van der Waals surface area contributed by atoms with Crippen molar-refractivity contribution in [1.29, 1.82) is 0 Å². The summed E-state index contributed by atoms with van der Waals surface area (Å²) in [6, 6.07) is 19.5. The number of halogens is 2. The Hall–Kier alpha value is -2.36. The van der Waals surface area contributed by atoms with Crippen molar-refractivity contribution < 1.29 is 9.36 Å². The van der Waals surface area contributed by atoms with E-state index in [9.17, 15) is 4.79 Å². The smallest absolute Gasteiger partial charge is 0.290 e. The highest BCUT2D eigenvalue weighted by Crippen LogP contribution is 2.29.